The van der Waals surface area contributed by atoms with Gasteiger partial charge >= 0.3 is 0 Å². The second kappa shape index (κ2) is 4.30. The third-order valence-electron chi connectivity index (χ3n) is 3.61. The third kappa shape index (κ3) is 1.74. The summed E-state index contributed by atoms with van der Waals surface area (Å²) in [7, 11) is 1.82. The van der Waals surface area contributed by atoms with Crippen LogP contribution in [0, 0.1) is 13.8 Å². The molecule has 0 aliphatic carbocycles. The highest BCUT2D eigenvalue weighted by Crippen LogP contribution is 2.35. The van der Waals surface area contributed by atoms with Crippen molar-refractivity contribution in [2.45, 2.75) is 20.4 Å². The average Bonchev–Trinajstić information content (AvgIpc) is 2.92. The predicted octanol–water partition coefficient (Wildman–Crippen LogP) is 1.77. The van der Waals surface area contributed by atoms with Crippen molar-refractivity contribution in [3.8, 4) is 0 Å². The lowest BCUT2D eigenvalue weighted by Crippen LogP contribution is -2.29. The molecule has 20 heavy (non-hydrogen) atoms. The van der Waals surface area contributed by atoms with Gasteiger partial charge in [-0.3, -0.25) is 19.2 Å². The number of hydrogen-bond donors (Lipinski definition) is 0. The molecule has 1 aromatic heterocycles. The van der Waals surface area contributed by atoms with E-state index >= 15 is 0 Å². The first-order chi connectivity index (χ1) is 9.49. The Hall–Kier alpha value is -2.43. The number of benzene rings is 1. The monoisotopic (exact) mass is 269 g/mol. The molecule has 0 N–H and O–H groups in total. The van der Waals surface area contributed by atoms with Gasteiger partial charge < -0.3 is 0 Å². The number of carbonyl (C=O) groups is 2. The molecule has 0 saturated heterocycles. The summed E-state index contributed by atoms with van der Waals surface area (Å²) in [6, 6.07) is 5.66. The van der Waals surface area contributed by atoms with Gasteiger partial charge in [0, 0.05) is 13.2 Å². The second-order valence-electron chi connectivity index (χ2n) is 5.12. The Morgan fingerprint density at radius 1 is 1.10 bits per heavy atom. The molecule has 0 unspecified atom stereocenters. The van der Waals surface area contributed by atoms with Crippen molar-refractivity contribution >= 4 is 17.4 Å². The molecule has 1 aliphatic rings. The summed E-state index contributed by atoms with van der Waals surface area (Å²) in [6.45, 7) is 4.09. The number of carbonyl (C=O) groups excluding carboxylic acids is 2. The summed E-state index contributed by atoms with van der Waals surface area (Å²) in [5.41, 5.74) is 3.80. The summed E-state index contributed by atoms with van der Waals surface area (Å²) in [5, 5.41) is 4.27. The van der Waals surface area contributed by atoms with Crippen LogP contribution < -0.4 is 4.90 Å². The zero-order valence-corrected chi connectivity index (χ0v) is 11.7. The molecule has 5 heteroatoms. The van der Waals surface area contributed by atoms with Gasteiger partial charge in [0.1, 0.15) is 0 Å². The first-order valence-electron chi connectivity index (χ1n) is 6.44. The van der Waals surface area contributed by atoms with Crippen molar-refractivity contribution in [3.05, 3.63) is 46.8 Å². The number of anilines is 1. The van der Waals surface area contributed by atoms with Crippen LogP contribution in [0.4, 0.5) is 5.69 Å². The number of amides is 1. The molecule has 2 aromatic rings. The minimum Gasteiger partial charge on any atom is -0.298 e. The van der Waals surface area contributed by atoms with Crippen LogP contribution in [0.1, 0.15) is 27.2 Å². The standard InChI is InChI=1S/C15H15N3O2/c1-9-4-5-10(2)13-12(9)14(19)15(20)18(13)8-11-6-7-17(3)16-11/h4-7H,8H2,1-3H3. The Labute approximate surface area is 116 Å². The second-order valence-corrected chi connectivity index (χ2v) is 5.12. The highest BCUT2D eigenvalue weighted by molar-refractivity contribution is 6.52. The third-order valence-corrected chi connectivity index (χ3v) is 3.61. The molecule has 1 aliphatic heterocycles. The van der Waals surface area contributed by atoms with Crippen LogP contribution in [0.15, 0.2) is 24.4 Å². The molecule has 0 spiro atoms. The fourth-order valence-corrected chi connectivity index (χ4v) is 2.62. The van der Waals surface area contributed by atoms with E-state index in [9.17, 15) is 9.59 Å². The molecule has 0 atom stereocenters. The Kier molecular flexibility index (Phi) is 2.71. The Balaban J connectivity index is 2.08. The fourth-order valence-electron chi connectivity index (χ4n) is 2.62. The van der Waals surface area contributed by atoms with E-state index in [0.717, 1.165) is 22.5 Å². The molecule has 2 heterocycles. The van der Waals surface area contributed by atoms with Crippen LogP contribution in [0.5, 0.6) is 0 Å². The summed E-state index contributed by atoms with van der Waals surface area (Å²) < 4.78 is 1.68. The van der Waals surface area contributed by atoms with Gasteiger partial charge in [-0.25, -0.2) is 0 Å². The van der Waals surface area contributed by atoms with Crippen LogP contribution >= 0.6 is 0 Å². The molecule has 1 amide bonds. The molecular formula is C15H15N3O2. The van der Waals surface area contributed by atoms with E-state index in [1.54, 1.807) is 4.68 Å². The number of aromatic nitrogens is 2. The van der Waals surface area contributed by atoms with Crippen molar-refractivity contribution in [2.24, 2.45) is 7.05 Å². The smallest absolute Gasteiger partial charge is 0.298 e. The van der Waals surface area contributed by atoms with Gasteiger partial charge in [-0.15, -0.1) is 0 Å². The number of hydrogen-bond acceptors (Lipinski definition) is 3. The molecular weight excluding hydrogens is 254 g/mol. The van der Waals surface area contributed by atoms with E-state index in [1.165, 1.54) is 4.90 Å². The van der Waals surface area contributed by atoms with Crippen LogP contribution in [0.2, 0.25) is 0 Å². The number of nitrogens with zero attached hydrogens (tertiary/aromatic N) is 3. The summed E-state index contributed by atoms with van der Waals surface area (Å²) in [5.74, 6) is -0.889. The van der Waals surface area contributed by atoms with Crippen molar-refractivity contribution in [1.29, 1.82) is 0 Å². The van der Waals surface area contributed by atoms with Crippen molar-refractivity contribution in [1.82, 2.24) is 9.78 Å². The normalized spacial score (nSPS) is 14.1. The maximum atomic E-state index is 12.2. The molecule has 0 radical (unpaired) electrons. The van der Waals surface area contributed by atoms with E-state index in [2.05, 4.69) is 5.10 Å². The first-order valence-corrected chi connectivity index (χ1v) is 6.44. The summed E-state index contributed by atoms with van der Waals surface area (Å²) in [4.78, 5) is 25.9. The number of aryl methyl sites for hydroxylation is 3. The van der Waals surface area contributed by atoms with E-state index in [1.807, 2.05) is 45.3 Å². The Morgan fingerprint density at radius 3 is 2.45 bits per heavy atom. The van der Waals surface area contributed by atoms with Crippen LogP contribution in [0.25, 0.3) is 0 Å². The highest BCUT2D eigenvalue weighted by atomic mass is 16.2. The van der Waals surface area contributed by atoms with Crippen LogP contribution in [0.3, 0.4) is 0 Å². The zero-order valence-electron chi connectivity index (χ0n) is 11.7. The summed E-state index contributed by atoms with van der Waals surface area (Å²) >= 11 is 0. The number of rotatable bonds is 2. The molecule has 0 fully saturated rings. The van der Waals surface area contributed by atoms with Crippen LogP contribution in [-0.4, -0.2) is 21.5 Å². The van der Waals surface area contributed by atoms with Gasteiger partial charge in [-0.2, -0.15) is 5.10 Å². The van der Waals surface area contributed by atoms with Crippen LogP contribution in [-0.2, 0) is 18.4 Å². The highest BCUT2D eigenvalue weighted by Gasteiger charge is 2.38. The van der Waals surface area contributed by atoms with E-state index in [0.29, 0.717) is 12.1 Å². The molecule has 1 aromatic carbocycles. The molecule has 3 rings (SSSR count). The zero-order chi connectivity index (χ0) is 14.4. The van der Waals surface area contributed by atoms with Gasteiger partial charge in [0.05, 0.1) is 23.5 Å². The summed E-state index contributed by atoms with van der Waals surface area (Å²) in [6.07, 6.45) is 1.82. The quantitative estimate of drug-likeness (QED) is 0.781. The Morgan fingerprint density at radius 2 is 1.80 bits per heavy atom. The lowest BCUT2D eigenvalue weighted by Gasteiger charge is -2.17. The minimum absolute atomic E-state index is 0.322. The van der Waals surface area contributed by atoms with Crippen molar-refractivity contribution in [2.75, 3.05) is 4.90 Å². The van der Waals surface area contributed by atoms with Gasteiger partial charge in [-0.05, 0) is 31.0 Å². The molecule has 0 saturated carbocycles. The number of ketones is 1. The SMILES string of the molecule is Cc1ccc(C)c2c1C(=O)C(=O)N2Cc1ccn(C)n1. The maximum Gasteiger partial charge on any atom is 0.299 e. The van der Waals surface area contributed by atoms with Crippen molar-refractivity contribution < 1.29 is 9.59 Å². The first kappa shape index (κ1) is 12.6. The lowest BCUT2D eigenvalue weighted by atomic mass is 10.0. The van der Waals surface area contributed by atoms with Gasteiger partial charge in [0.15, 0.2) is 0 Å². The number of fused-ring (bicyclic) bond motifs is 1. The van der Waals surface area contributed by atoms with Gasteiger partial charge in [-0.1, -0.05) is 12.1 Å². The fraction of sp³-hybridized carbons (Fsp3) is 0.267. The number of Topliss-reactive ketones (excluding diaryl/α,β-unsaturated/α-hetero) is 1. The molecule has 5 nitrogen and oxygen atoms in total. The minimum atomic E-state index is -0.469. The van der Waals surface area contributed by atoms with Gasteiger partial charge in [0.2, 0.25) is 0 Å². The average molecular weight is 269 g/mol. The lowest BCUT2D eigenvalue weighted by molar-refractivity contribution is -0.114. The predicted molar refractivity (Wildman–Crippen MR) is 74.6 cm³/mol. The maximum absolute atomic E-state index is 12.2. The van der Waals surface area contributed by atoms with Crippen molar-refractivity contribution in [3.63, 3.8) is 0 Å². The van der Waals surface area contributed by atoms with E-state index in [-0.39, 0.29) is 0 Å². The topological polar surface area (TPSA) is 55.2 Å². The molecule has 102 valence electrons. The van der Waals surface area contributed by atoms with E-state index in [4.69, 9.17) is 0 Å². The van der Waals surface area contributed by atoms with Gasteiger partial charge in [0.25, 0.3) is 11.7 Å². The largest absolute Gasteiger partial charge is 0.299 e. The Bertz CT molecular complexity index is 731. The van der Waals surface area contributed by atoms with E-state index < -0.39 is 11.7 Å². The molecule has 0 bridgehead atoms.